The van der Waals surface area contributed by atoms with Crippen LogP contribution in [0.25, 0.3) is 0 Å². The standard InChI is InChI=1S/C8H15NO3/c9-8-1-4(3-10)5(2-8)6(11)7(8)12/h4-7,10-12H,1-3,9H2/t4-,5+,6+,7+,8-/m1/s1. The van der Waals surface area contributed by atoms with Gasteiger partial charge in [-0.25, -0.2) is 0 Å². The zero-order valence-corrected chi connectivity index (χ0v) is 6.85. The molecule has 0 aromatic heterocycles. The molecule has 0 unspecified atom stereocenters. The van der Waals surface area contributed by atoms with Gasteiger partial charge in [0.25, 0.3) is 0 Å². The fourth-order valence-corrected chi connectivity index (χ4v) is 2.74. The van der Waals surface area contributed by atoms with E-state index < -0.39 is 17.7 Å². The van der Waals surface area contributed by atoms with E-state index in [4.69, 9.17) is 10.8 Å². The van der Waals surface area contributed by atoms with Crippen molar-refractivity contribution < 1.29 is 15.3 Å². The van der Waals surface area contributed by atoms with Crippen LogP contribution in [0.1, 0.15) is 12.8 Å². The van der Waals surface area contributed by atoms with E-state index in [9.17, 15) is 10.2 Å². The topological polar surface area (TPSA) is 86.7 Å². The Hall–Kier alpha value is -0.160. The van der Waals surface area contributed by atoms with Crippen LogP contribution in [0, 0.1) is 11.8 Å². The number of aliphatic hydroxyl groups is 3. The Labute approximate surface area is 71.0 Å². The summed E-state index contributed by atoms with van der Waals surface area (Å²) in [6.07, 6.45) is -0.265. The van der Waals surface area contributed by atoms with E-state index in [-0.39, 0.29) is 18.4 Å². The van der Waals surface area contributed by atoms with Crippen LogP contribution in [-0.2, 0) is 0 Å². The normalized spacial score (nSPS) is 58.0. The minimum Gasteiger partial charge on any atom is -0.396 e. The number of hydrogen-bond acceptors (Lipinski definition) is 4. The van der Waals surface area contributed by atoms with Crippen molar-refractivity contribution in [1.82, 2.24) is 0 Å². The van der Waals surface area contributed by atoms with Gasteiger partial charge in [-0.2, -0.15) is 0 Å². The predicted molar refractivity (Wildman–Crippen MR) is 42.2 cm³/mol. The molecule has 70 valence electrons. The molecule has 0 aromatic rings. The highest BCUT2D eigenvalue weighted by Crippen LogP contribution is 2.49. The molecule has 2 aliphatic carbocycles. The largest absolute Gasteiger partial charge is 0.396 e. The number of nitrogens with two attached hydrogens (primary N) is 1. The summed E-state index contributed by atoms with van der Waals surface area (Å²) < 4.78 is 0. The molecule has 0 aromatic carbocycles. The molecule has 2 aliphatic rings. The first-order chi connectivity index (χ1) is 5.58. The van der Waals surface area contributed by atoms with Crippen LogP contribution < -0.4 is 5.73 Å². The lowest BCUT2D eigenvalue weighted by molar-refractivity contribution is -0.0494. The van der Waals surface area contributed by atoms with Gasteiger partial charge in [0.2, 0.25) is 0 Å². The molecule has 5 N–H and O–H groups in total. The van der Waals surface area contributed by atoms with Crippen LogP contribution in [0.3, 0.4) is 0 Å². The maximum absolute atomic E-state index is 9.51. The van der Waals surface area contributed by atoms with Crippen LogP contribution in [0.5, 0.6) is 0 Å². The molecule has 0 aliphatic heterocycles. The Balaban J connectivity index is 2.21. The molecule has 2 fully saturated rings. The fraction of sp³-hybridized carbons (Fsp3) is 1.00. The molecule has 2 bridgehead atoms. The highest BCUT2D eigenvalue weighted by molar-refractivity contribution is 5.13. The molecule has 2 rings (SSSR count). The Kier molecular flexibility index (Phi) is 1.70. The molecule has 0 spiro atoms. The van der Waals surface area contributed by atoms with Crippen molar-refractivity contribution in [1.29, 1.82) is 0 Å². The summed E-state index contributed by atoms with van der Waals surface area (Å²) in [6.45, 7) is 0.0629. The minimum absolute atomic E-state index is 0.00463. The maximum atomic E-state index is 9.51. The first-order valence-electron chi connectivity index (χ1n) is 4.34. The van der Waals surface area contributed by atoms with E-state index in [0.29, 0.717) is 12.8 Å². The molecule has 4 nitrogen and oxygen atoms in total. The third kappa shape index (κ3) is 0.864. The van der Waals surface area contributed by atoms with Crippen molar-refractivity contribution in [3.05, 3.63) is 0 Å². The third-order valence-corrected chi connectivity index (χ3v) is 3.45. The highest BCUT2D eigenvalue weighted by Gasteiger charge is 2.59. The highest BCUT2D eigenvalue weighted by atomic mass is 16.3. The number of rotatable bonds is 1. The Bertz CT molecular complexity index is 193. The monoisotopic (exact) mass is 173 g/mol. The molecular weight excluding hydrogens is 158 g/mol. The average molecular weight is 173 g/mol. The van der Waals surface area contributed by atoms with Gasteiger partial charge in [-0.1, -0.05) is 0 Å². The Morgan fingerprint density at radius 2 is 2.00 bits per heavy atom. The smallest absolute Gasteiger partial charge is 0.0981 e. The van der Waals surface area contributed by atoms with Gasteiger partial charge in [0.05, 0.1) is 12.2 Å². The summed E-state index contributed by atoms with van der Waals surface area (Å²) in [7, 11) is 0. The van der Waals surface area contributed by atoms with Gasteiger partial charge in [-0.15, -0.1) is 0 Å². The Morgan fingerprint density at radius 1 is 1.33 bits per heavy atom. The van der Waals surface area contributed by atoms with Gasteiger partial charge < -0.3 is 21.1 Å². The van der Waals surface area contributed by atoms with Gasteiger partial charge in [0.1, 0.15) is 0 Å². The fourth-order valence-electron chi connectivity index (χ4n) is 2.74. The second kappa shape index (κ2) is 2.42. The molecule has 0 heterocycles. The van der Waals surface area contributed by atoms with Crippen LogP contribution >= 0.6 is 0 Å². The maximum Gasteiger partial charge on any atom is 0.0981 e. The summed E-state index contributed by atoms with van der Waals surface area (Å²) in [6, 6.07) is 0. The number of hydrogen-bond donors (Lipinski definition) is 4. The van der Waals surface area contributed by atoms with Crippen LogP contribution in [0.15, 0.2) is 0 Å². The molecular formula is C8H15NO3. The lowest BCUT2D eigenvalue weighted by Crippen LogP contribution is -2.53. The molecule has 0 amide bonds. The lowest BCUT2D eigenvalue weighted by atomic mass is 9.83. The van der Waals surface area contributed by atoms with Crippen molar-refractivity contribution in [3.8, 4) is 0 Å². The molecule has 2 saturated carbocycles. The molecule has 12 heavy (non-hydrogen) atoms. The van der Waals surface area contributed by atoms with E-state index in [1.54, 1.807) is 0 Å². The van der Waals surface area contributed by atoms with Gasteiger partial charge in [-0.05, 0) is 24.7 Å². The van der Waals surface area contributed by atoms with Gasteiger partial charge >= 0.3 is 0 Å². The predicted octanol–water partition coefficient (Wildman–Crippen LogP) is -1.56. The summed E-state index contributed by atoms with van der Waals surface area (Å²) in [4.78, 5) is 0. The SMILES string of the molecule is N[C@]12C[C@H](CO)[C@H](C1)[C@H](O)[C@@H]2O. The first-order valence-corrected chi connectivity index (χ1v) is 4.34. The van der Waals surface area contributed by atoms with E-state index in [2.05, 4.69) is 0 Å². The summed E-state index contributed by atoms with van der Waals surface area (Å²) in [5.41, 5.74) is 5.24. The van der Waals surface area contributed by atoms with E-state index in [0.717, 1.165) is 0 Å². The lowest BCUT2D eigenvalue weighted by Gasteiger charge is -2.33. The van der Waals surface area contributed by atoms with Crippen molar-refractivity contribution in [2.75, 3.05) is 6.61 Å². The van der Waals surface area contributed by atoms with Gasteiger partial charge in [0, 0.05) is 12.1 Å². The molecule has 5 atom stereocenters. The first kappa shape index (κ1) is 8.44. The number of aliphatic hydroxyl groups excluding tert-OH is 3. The van der Waals surface area contributed by atoms with Crippen molar-refractivity contribution in [2.45, 2.75) is 30.6 Å². The van der Waals surface area contributed by atoms with Crippen molar-refractivity contribution >= 4 is 0 Å². The quantitative estimate of drug-likeness (QED) is 0.386. The summed E-state index contributed by atoms with van der Waals surface area (Å²) in [5, 5.41) is 28.0. The number of fused-ring (bicyclic) bond motifs is 2. The van der Waals surface area contributed by atoms with Crippen molar-refractivity contribution in [2.24, 2.45) is 17.6 Å². The van der Waals surface area contributed by atoms with Crippen LogP contribution in [0.2, 0.25) is 0 Å². The summed E-state index contributed by atoms with van der Waals surface area (Å²) in [5.74, 6) is 0.0726. The molecule has 0 saturated heterocycles. The van der Waals surface area contributed by atoms with Gasteiger partial charge in [-0.3, -0.25) is 0 Å². The molecule has 0 radical (unpaired) electrons. The average Bonchev–Trinajstić information content (AvgIpc) is 2.49. The Morgan fingerprint density at radius 3 is 2.42 bits per heavy atom. The van der Waals surface area contributed by atoms with Crippen molar-refractivity contribution in [3.63, 3.8) is 0 Å². The van der Waals surface area contributed by atoms with Crippen LogP contribution in [0.4, 0.5) is 0 Å². The summed E-state index contributed by atoms with van der Waals surface area (Å²) >= 11 is 0. The van der Waals surface area contributed by atoms with Gasteiger partial charge in [0.15, 0.2) is 0 Å². The third-order valence-electron chi connectivity index (χ3n) is 3.45. The van der Waals surface area contributed by atoms with E-state index in [1.807, 2.05) is 0 Å². The van der Waals surface area contributed by atoms with E-state index >= 15 is 0 Å². The minimum atomic E-state index is -0.801. The zero-order valence-electron chi connectivity index (χ0n) is 6.85. The van der Waals surface area contributed by atoms with E-state index in [1.165, 1.54) is 0 Å². The molecule has 4 heteroatoms. The second-order valence-corrected chi connectivity index (χ2v) is 4.18. The van der Waals surface area contributed by atoms with Crippen LogP contribution in [-0.4, -0.2) is 39.7 Å². The second-order valence-electron chi connectivity index (χ2n) is 4.18. The zero-order chi connectivity index (χ0) is 8.93.